The van der Waals surface area contributed by atoms with Crippen LogP contribution >= 0.6 is 0 Å². The van der Waals surface area contributed by atoms with Gasteiger partial charge in [-0.15, -0.1) is 0 Å². The van der Waals surface area contributed by atoms with Crippen LogP contribution in [0.25, 0.3) is 28.0 Å². The van der Waals surface area contributed by atoms with Crippen molar-refractivity contribution in [2.75, 3.05) is 0 Å². The lowest BCUT2D eigenvalue weighted by Crippen LogP contribution is -2.20. The molecule has 0 saturated heterocycles. The molecule has 1 N–H and O–H groups in total. The number of fused-ring (bicyclic) bond motifs is 2. The van der Waals surface area contributed by atoms with Gasteiger partial charge in [0.1, 0.15) is 11.6 Å². The minimum Gasteiger partial charge on any atom is -0.342 e. The summed E-state index contributed by atoms with van der Waals surface area (Å²) >= 11 is 0. The summed E-state index contributed by atoms with van der Waals surface area (Å²) in [5, 5.41) is 0.966. The monoisotopic (exact) mass is 413 g/mol. The van der Waals surface area contributed by atoms with Gasteiger partial charge in [-0.3, -0.25) is 4.98 Å². The van der Waals surface area contributed by atoms with Crippen molar-refractivity contribution >= 4 is 28.0 Å². The maximum Gasteiger partial charge on any atom is 0.123 e. The van der Waals surface area contributed by atoms with Gasteiger partial charge >= 0.3 is 0 Å². The fourth-order valence-corrected chi connectivity index (χ4v) is 5.42. The van der Waals surface area contributed by atoms with Crippen LogP contribution in [0, 0.1) is 11.7 Å². The first-order valence-corrected chi connectivity index (χ1v) is 11.3. The zero-order chi connectivity index (χ0) is 21.4. The molecule has 2 heterocycles. The normalized spacial score (nSPS) is 20.2. The summed E-state index contributed by atoms with van der Waals surface area (Å²) < 4.78 is 13.9. The van der Waals surface area contributed by atoms with Crippen LogP contribution in [0.15, 0.2) is 55.2 Å². The Hall–Kier alpha value is -3.01. The van der Waals surface area contributed by atoms with Gasteiger partial charge in [-0.25, -0.2) is 9.37 Å². The maximum atomic E-state index is 13.9. The molecule has 0 radical (unpaired) electrons. The van der Waals surface area contributed by atoms with Gasteiger partial charge in [-0.2, -0.15) is 0 Å². The molecular weight excluding hydrogens is 385 g/mol. The van der Waals surface area contributed by atoms with Crippen molar-refractivity contribution in [3.8, 4) is 0 Å². The van der Waals surface area contributed by atoms with Crippen molar-refractivity contribution in [3.63, 3.8) is 0 Å². The summed E-state index contributed by atoms with van der Waals surface area (Å²) in [6, 6.07) is 13.3. The summed E-state index contributed by atoms with van der Waals surface area (Å²) in [5.41, 5.74) is 5.34. The Balaban J connectivity index is 1.36. The molecule has 3 nitrogen and oxygen atoms in total. The van der Waals surface area contributed by atoms with Crippen molar-refractivity contribution in [3.05, 3.63) is 78.0 Å². The van der Waals surface area contributed by atoms with Crippen LogP contribution in [0.2, 0.25) is 0 Å². The van der Waals surface area contributed by atoms with E-state index in [0.717, 1.165) is 65.4 Å². The molecule has 2 aromatic heterocycles. The Morgan fingerprint density at radius 3 is 2.71 bits per heavy atom. The van der Waals surface area contributed by atoms with E-state index in [9.17, 15) is 4.39 Å². The first kappa shape index (κ1) is 19.9. The second-order valence-electron chi connectivity index (χ2n) is 8.79. The Bertz CT molecular complexity index is 1230. The van der Waals surface area contributed by atoms with E-state index in [-0.39, 0.29) is 5.82 Å². The fourth-order valence-electron chi connectivity index (χ4n) is 5.42. The maximum absolute atomic E-state index is 13.9. The number of aromatic amines is 1. The lowest BCUT2D eigenvalue weighted by molar-refractivity contribution is 0.272. The van der Waals surface area contributed by atoms with Crippen LogP contribution < -0.4 is 0 Å². The van der Waals surface area contributed by atoms with E-state index in [0.29, 0.717) is 17.8 Å². The smallest absolute Gasteiger partial charge is 0.123 e. The number of imidazole rings is 1. The molecule has 31 heavy (non-hydrogen) atoms. The summed E-state index contributed by atoms with van der Waals surface area (Å²) in [6.45, 7) is 6.12. The highest BCUT2D eigenvalue weighted by Gasteiger charge is 2.30. The highest BCUT2D eigenvalue weighted by Crippen LogP contribution is 2.44. The number of benzene rings is 2. The summed E-state index contributed by atoms with van der Waals surface area (Å²) in [7, 11) is 0. The third-order valence-electron chi connectivity index (χ3n) is 7.07. The Kier molecular flexibility index (Phi) is 5.31. The molecule has 1 atom stereocenters. The van der Waals surface area contributed by atoms with Crippen molar-refractivity contribution in [1.29, 1.82) is 0 Å². The van der Waals surface area contributed by atoms with Crippen molar-refractivity contribution in [2.24, 2.45) is 5.92 Å². The lowest BCUT2D eigenvalue weighted by Gasteiger charge is -2.33. The highest BCUT2D eigenvalue weighted by molar-refractivity contribution is 5.82. The number of hydrogen-bond acceptors (Lipinski definition) is 2. The van der Waals surface area contributed by atoms with E-state index in [2.05, 4.69) is 47.7 Å². The molecule has 0 amide bonds. The zero-order valence-electron chi connectivity index (χ0n) is 17.9. The molecule has 1 aliphatic carbocycles. The molecule has 0 spiro atoms. The van der Waals surface area contributed by atoms with Crippen LogP contribution in [0.5, 0.6) is 0 Å². The predicted octanol–water partition coefficient (Wildman–Crippen LogP) is 7.36. The van der Waals surface area contributed by atoms with Crippen LogP contribution in [-0.2, 0) is 0 Å². The third-order valence-corrected chi connectivity index (χ3v) is 7.07. The number of hydrogen-bond donors (Lipinski definition) is 1. The second kappa shape index (κ2) is 8.26. The van der Waals surface area contributed by atoms with Gasteiger partial charge in [0.2, 0.25) is 0 Å². The molecule has 0 bridgehead atoms. The van der Waals surface area contributed by atoms with E-state index in [1.54, 1.807) is 12.1 Å². The van der Waals surface area contributed by atoms with E-state index in [1.807, 2.05) is 12.3 Å². The van der Waals surface area contributed by atoms with Crippen LogP contribution in [-0.4, -0.2) is 15.0 Å². The second-order valence-corrected chi connectivity index (χ2v) is 8.79. The number of halogens is 1. The lowest BCUT2D eigenvalue weighted by atomic mass is 9.72. The van der Waals surface area contributed by atoms with Crippen molar-refractivity contribution in [2.45, 2.75) is 50.9 Å². The van der Waals surface area contributed by atoms with Gasteiger partial charge in [0.25, 0.3) is 0 Å². The summed E-state index contributed by atoms with van der Waals surface area (Å²) in [6.07, 6.45) is 9.38. The number of H-pyrrole nitrogens is 1. The summed E-state index contributed by atoms with van der Waals surface area (Å²) in [5.74, 6) is 2.44. The molecule has 5 rings (SSSR count). The van der Waals surface area contributed by atoms with E-state index >= 15 is 0 Å². The molecule has 0 aliphatic heterocycles. The van der Waals surface area contributed by atoms with E-state index in [1.165, 1.54) is 11.6 Å². The Labute approximate surface area is 182 Å². The predicted molar refractivity (Wildman–Crippen MR) is 126 cm³/mol. The van der Waals surface area contributed by atoms with Gasteiger partial charge in [0, 0.05) is 17.5 Å². The average Bonchev–Trinajstić information content (AvgIpc) is 3.22. The number of pyridine rings is 1. The molecule has 4 heteroatoms. The van der Waals surface area contributed by atoms with Gasteiger partial charge in [0.05, 0.1) is 16.6 Å². The summed E-state index contributed by atoms with van der Waals surface area (Å²) in [4.78, 5) is 12.9. The minimum atomic E-state index is -0.189. The topological polar surface area (TPSA) is 41.6 Å². The molecule has 1 fully saturated rings. The zero-order valence-corrected chi connectivity index (χ0v) is 17.9. The Morgan fingerprint density at radius 1 is 1.10 bits per heavy atom. The van der Waals surface area contributed by atoms with Gasteiger partial charge in [-0.05, 0) is 91.5 Å². The molecule has 1 unspecified atom stereocenters. The van der Waals surface area contributed by atoms with Crippen molar-refractivity contribution in [1.82, 2.24) is 15.0 Å². The van der Waals surface area contributed by atoms with Crippen LogP contribution in [0.4, 0.5) is 4.39 Å². The van der Waals surface area contributed by atoms with E-state index < -0.39 is 0 Å². The van der Waals surface area contributed by atoms with Crippen molar-refractivity contribution < 1.29 is 4.39 Å². The standard InChI is InChI=1S/C27H28FN3/c1-3-17-5-11-25-26(15-17)31-27(30-25)21(4-2)18-6-8-19(9-7-18)22-13-14-29-24-12-10-20(28)16-23(22)24/h3,5,10-16,18-19,21H,1,4,6-9H2,2H3,(H,30,31). The van der Waals surface area contributed by atoms with Gasteiger partial charge in [0.15, 0.2) is 0 Å². The molecule has 4 aromatic rings. The number of aromatic nitrogens is 3. The molecule has 2 aromatic carbocycles. The minimum absolute atomic E-state index is 0.189. The molecule has 158 valence electrons. The van der Waals surface area contributed by atoms with Crippen LogP contribution in [0.1, 0.15) is 67.8 Å². The SMILES string of the molecule is C=Cc1ccc2[nH]c(C(CC)C3CCC(c4ccnc5ccc(F)cc45)CC3)nc2c1. The fraction of sp³-hybridized carbons (Fsp3) is 0.333. The number of nitrogens with one attached hydrogen (secondary N) is 1. The van der Waals surface area contributed by atoms with E-state index in [4.69, 9.17) is 4.98 Å². The average molecular weight is 414 g/mol. The first-order valence-electron chi connectivity index (χ1n) is 11.3. The molecular formula is C27H28FN3. The largest absolute Gasteiger partial charge is 0.342 e. The number of nitrogens with zero attached hydrogens (tertiary/aromatic N) is 2. The highest BCUT2D eigenvalue weighted by atomic mass is 19.1. The Morgan fingerprint density at radius 2 is 1.94 bits per heavy atom. The molecule has 1 aliphatic rings. The quantitative estimate of drug-likeness (QED) is 0.371. The molecule has 1 saturated carbocycles. The first-order chi connectivity index (χ1) is 15.2. The number of rotatable bonds is 5. The van der Waals surface area contributed by atoms with Gasteiger partial charge in [-0.1, -0.05) is 25.6 Å². The van der Waals surface area contributed by atoms with Crippen LogP contribution in [0.3, 0.4) is 0 Å². The van der Waals surface area contributed by atoms with Gasteiger partial charge < -0.3 is 4.98 Å². The third kappa shape index (κ3) is 3.76.